The summed E-state index contributed by atoms with van der Waals surface area (Å²) in [6.07, 6.45) is 14.7. The van der Waals surface area contributed by atoms with Crippen molar-refractivity contribution in [3.8, 4) is 0 Å². The third kappa shape index (κ3) is 8.84. The zero-order chi connectivity index (χ0) is 22.4. The van der Waals surface area contributed by atoms with Gasteiger partial charge in [-0.25, -0.2) is 0 Å². The average molecular weight is 455 g/mol. The minimum atomic E-state index is -0.502. The molecule has 1 aliphatic carbocycles. The maximum atomic E-state index is 11.1. The molecule has 2 aliphatic heterocycles. The first kappa shape index (κ1) is 25.8. The van der Waals surface area contributed by atoms with Crippen molar-refractivity contribution < 1.29 is 33.6 Å². The van der Waals surface area contributed by atoms with Gasteiger partial charge in [-0.15, -0.1) is 0 Å². The number of aldehydes is 1. The van der Waals surface area contributed by atoms with Crippen molar-refractivity contribution in [2.24, 2.45) is 11.8 Å². The summed E-state index contributed by atoms with van der Waals surface area (Å²) in [4.78, 5) is 11.1. The highest BCUT2D eigenvalue weighted by Crippen LogP contribution is 2.38. The van der Waals surface area contributed by atoms with Crippen LogP contribution < -0.4 is 0 Å². The molecule has 2 heterocycles. The van der Waals surface area contributed by atoms with Gasteiger partial charge >= 0.3 is 0 Å². The second kappa shape index (κ2) is 15.1. The zero-order valence-corrected chi connectivity index (χ0v) is 19.4. The van der Waals surface area contributed by atoms with Crippen LogP contribution in [0, 0.1) is 11.8 Å². The Balaban J connectivity index is 1.30. The number of hydrogen-bond donors (Lipinski definition) is 1. The fourth-order valence-corrected chi connectivity index (χ4v) is 4.86. The number of allylic oxidation sites excluding steroid dienone is 1. The van der Waals surface area contributed by atoms with Crippen LogP contribution in [-0.4, -0.2) is 69.2 Å². The Morgan fingerprint density at radius 1 is 0.938 bits per heavy atom. The molecule has 6 atom stereocenters. The van der Waals surface area contributed by atoms with E-state index in [1.165, 1.54) is 6.42 Å². The van der Waals surface area contributed by atoms with E-state index in [1.54, 1.807) is 0 Å². The lowest BCUT2D eigenvalue weighted by Gasteiger charge is -2.28. The van der Waals surface area contributed by atoms with Gasteiger partial charge in [0.25, 0.3) is 0 Å². The molecule has 3 rings (SSSR count). The van der Waals surface area contributed by atoms with Gasteiger partial charge in [0.05, 0.1) is 25.4 Å². The summed E-state index contributed by atoms with van der Waals surface area (Å²) < 4.78 is 28.8. The molecule has 0 bridgehead atoms. The number of unbranched alkanes of at least 4 members (excludes halogenated alkanes) is 2. The Hall–Kier alpha value is -0.830. The Kier molecular flexibility index (Phi) is 12.2. The lowest BCUT2D eigenvalue weighted by atomic mass is 9.90. The highest BCUT2D eigenvalue weighted by Gasteiger charge is 2.42. The molecule has 0 aromatic carbocycles. The molecule has 7 heteroatoms. The fourth-order valence-electron chi connectivity index (χ4n) is 4.86. The second-order valence-corrected chi connectivity index (χ2v) is 9.12. The van der Waals surface area contributed by atoms with Crippen molar-refractivity contribution >= 4 is 6.29 Å². The van der Waals surface area contributed by atoms with Gasteiger partial charge in [0.15, 0.2) is 12.6 Å². The average Bonchev–Trinajstić information content (AvgIpc) is 3.10. The molecule has 0 radical (unpaired) electrons. The predicted molar refractivity (Wildman–Crippen MR) is 120 cm³/mol. The minimum Gasteiger partial charge on any atom is -0.393 e. The van der Waals surface area contributed by atoms with Crippen LogP contribution in [0.3, 0.4) is 0 Å². The third-order valence-electron chi connectivity index (χ3n) is 6.66. The van der Waals surface area contributed by atoms with Gasteiger partial charge in [0.2, 0.25) is 0 Å². The molecule has 3 aliphatic rings. The number of aliphatic hydroxyl groups is 1. The van der Waals surface area contributed by atoms with Crippen LogP contribution in [0.5, 0.6) is 0 Å². The summed E-state index contributed by atoms with van der Waals surface area (Å²) in [6, 6.07) is 0. The molecule has 3 unspecified atom stereocenters. The van der Waals surface area contributed by atoms with Crippen LogP contribution in [0.4, 0.5) is 0 Å². The Morgan fingerprint density at radius 3 is 2.44 bits per heavy atom. The lowest BCUT2D eigenvalue weighted by molar-refractivity contribution is -0.193. The monoisotopic (exact) mass is 454 g/mol. The van der Waals surface area contributed by atoms with E-state index < -0.39 is 6.10 Å². The molecule has 0 aromatic rings. The van der Waals surface area contributed by atoms with Gasteiger partial charge in [-0.1, -0.05) is 12.2 Å². The van der Waals surface area contributed by atoms with E-state index in [0.717, 1.165) is 77.5 Å². The smallest absolute Gasteiger partial charge is 0.157 e. The molecule has 184 valence electrons. The van der Waals surface area contributed by atoms with E-state index in [4.69, 9.17) is 23.7 Å². The summed E-state index contributed by atoms with van der Waals surface area (Å²) in [7, 11) is 0. The van der Waals surface area contributed by atoms with Gasteiger partial charge in [-0.05, 0) is 57.8 Å². The van der Waals surface area contributed by atoms with Crippen LogP contribution in [-0.2, 0) is 28.5 Å². The van der Waals surface area contributed by atoms with E-state index in [-0.39, 0.29) is 30.5 Å². The first-order chi connectivity index (χ1) is 15.8. The van der Waals surface area contributed by atoms with Gasteiger partial charge in [-0.3, -0.25) is 0 Å². The Labute approximate surface area is 192 Å². The van der Waals surface area contributed by atoms with Crippen molar-refractivity contribution in [1.29, 1.82) is 0 Å². The highest BCUT2D eigenvalue weighted by atomic mass is 16.7. The number of hydrogen-bond acceptors (Lipinski definition) is 7. The minimum absolute atomic E-state index is 0.0490. The van der Waals surface area contributed by atoms with Crippen molar-refractivity contribution in [2.75, 3.05) is 33.0 Å². The van der Waals surface area contributed by atoms with E-state index in [0.29, 0.717) is 26.1 Å². The van der Waals surface area contributed by atoms with Crippen LogP contribution in [0.1, 0.15) is 70.6 Å². The summed E-state index contributed by atoms with van der Waals surface area (Å²) in [6.45, 7) is 3.45. The number of aliphatic hydroxyl groups excluding tert-OH is 1. The van der Waals surface area contributed by atoms with Crippen LogP contribution in [0.25, 0.3) is 0 Å². The molecular weight excluding hydrogens is 412 g/mol. The highest BCUT2D eigenvalue weighted by molar-refractivity contribution is 5.50. The van der Waals surface area contributed by atoms with Crippen LogP contribution in [0.15, 0.2) is 12.2 Å². The second-order valence-electron chi connectivity index (χ2n) is 9.12. The summed E-state index contributed by atoms with van der Waals surface area (Å²) >= 11 is 0. The number of ether oxygens (including phenoxy) is 5. The van der Waals surface area contributed by atoms with E-state index in [2.05, 4.69) is 12.2 Å². The van der Waals surface area contributed by atoms with E-state index >= 15 is 0 Å². The maximum Gasteiger partial charge on any atom is 0.157 e. The standard InChI is InChI=1S/C25H42O7/c26-13-12-20-21(23(19-22(20)27)32-25-11-5-8-16-30-25)9-3-1-2-6-14-28-17-18-31-24-10-4-7-15-29-24/h3,9,13,20-25,27H,1-2,4-8,10-12,14-19H2/t20?,21-,22+,23-,24?,25?/m1/s1. The topological polar surface area (TPSA) is 83.5 Å². The summed E-state index contributed by atoms with van der Waals surface area (Å²) in [5.74, 6) is -0.0232. The van der Waals surface area contributed by atoms with E-state index in [1.807, 2.05) is 0 Å². The lowest BCUT2D eigenvalue weighted by Crippen LogP contribution is -2.30. The molecule has 1 N–H and O–H groups in total. The van der Waals surface area contributed by atoms with Crippen LogP contribution in [0.2, 0.25) is 0 Å². The number of carbonyl (C=O) groups excluding carboxylic acids is 1. The van der Waals surface area contributed by atoms with Gasteiger partial charge < -0.3 is 33.6 Å². The molecule has 7 nitrogen and oxygen atoms in total. The number of carbonyl (C=O) groups is 1. The van der Waals surface area contributed by atoms with Gasteiger partial charge in [0, 0.05) is 44.5 Å². The number of rotatable bonds is 14. The van der Waals surface area contributed by atoms with Crippen molar-refractivity contribution in [3.63, 3.8) is 0 Å². The SMILES string of the molecule is O=CCC1[C@@H](C=CCCCCOCCOC2CCCCO2)[C@H](OC2CCCCO2)C[C@@H]1O. The maximum absolute atomic E-state index is 11.1. The summed E-state index contributed by atoms with van der Waals surface area (Å²) in [5.41, 5.74) is 0. The quantitative estimate of drug-likeness (QED) is 0.243. The zero-order valence-electron chi connectivity index (χ0n) is 19.4. The Bertz CT molecular complexity index is 528. The molecule has 2 saturated heterocycles. The largest absolute Gasteiger partial charge is 0.393 e. The first-order valence-corrected chi connectivity index (χ1v) is 12.6. The normalized spacial score (nSPS) is 33.7. The van der Waals surface area contributed by atoms with Crippen molar-refractivity contribution in [2.45, 2.75) is 95.4 Å². The molecule has 3 fully saturated rings. The Morgan fingerprint density at radius 2 is 1.72 bits per heavy atom. The first-order valence-electron chi connectivity index (χ1n) is 12.6. The van der Waals surface area contributed by atoms with Crippen molar-refractivity contribution in [3.05, 3.63) is 12.2 Å². The molecule has 0 aromatic heterocycles. The molecule has 0 amide bonds. The van der Waals surface area contributed by atoms with Crippen molar-refractivity contribution in [1.82, 2.24) is 0 Å². The molecule has 0 spiro atoms. The summed E-state index contributed by atoms with van der Waals surface area (Å²) in [5, 5.41) is 10.5. The predicted octanol–water partition coefficient (Wildman–Crippen LogP) is 3.77. The van der Waals surface area contributed by atoms with E-state index in [9.17, 15) is 9.90 Å². The molecule has 32 heavy (non-hydrogen) atoms. The fraction of sp³-hybridized carbons (Fsp3) is 0.880. The molecular formula is C25H42O7. The van der Waals surface area contributed by atoms with Crippen LogP contribution >= 0.6 is 0 Å². The molecule has 1 saturated carbocycles. The third-order valence-corrected chi connectivity index (χ3v) is 6.66. The van der Waals surface area contributed by atoms with Gasteiger partial charge in [0.1, 0.15) is 6.29 Å². The van der Waals surface area contributed by atoms with Gasteiger partial charge in [-0.2, -0.15) is 0 Å².